The lowest BCUT2D eigenvalue weighted by Gasteiger charge is -2.23. The van der Waals surface area contributed by atoms with Gasteiger partial charge in [0.25, 0.3) is 0 Å². The standard InChI is InChI=1S/C25H25ClFNO4.C19H22INO4/c1-15-10-19(21(11-16(15)2)24(28-31-4)25(29)30-3)14-32-20-7-5-6-17(12-20)18-8-9-23(27)22(26)13-18;1-12-8-14(11-25-16-7-5-6-15(20)10-16)17(9-13(12)2)18(21-24-4)19(22)23-3/h5-9,12-13H,10-11,14H2,1-4H3;5-7,10H,8-9,11H2,1-4H3/b28-24+;21-18+. The summed E-state index contributed by atoms with van der Waals surface area (Å²) in [5.41, 5.74) is 10.4. The van der Waals surface area contributed by atoms with Crippen molar-refractivity contribution in [1.29, 1.82) is 0 Å². The number of nitrogens with zero attached hydrogens (tertiary/aromatic N) is 2. The van der Waals surface area contributed by atoms with Gasteiger partial charge in [-0.2, -0.15) is 0 Å². The lowest BCUT2D eigenvalue weighted by atomic mass is 9.85. The molecule has 2 aliphatic rings. The van der Waals surface area contributed by atoms with Gasteiger partial charge in [-0.1, -0.05) is 68.5 Å². The van der Waals surface area contributed by atoms with E-state index in [1.807, 2.05) is 55.5 Å². The lowest BCUT2D eigenvalue weighted by Crippen LogP contribution is -2.24. The molecule has 0 aromatic heterocycles. The van der Waals surface area contributed by atoms with E-state index in [-0.39, 0.29) is 23.1 Å². The van der Waals surface area contributed by atoms with Crippen LogP contribution >= 0.6 is 34.2 Å². The molecule has 3 aromatic carbocycles. The number of allylic oxidation sites excluding steroid dienone is 4. The number of ether oxygens (including phenoxy) is 4. The lowest BCUT2D eigenvalue weighted by molar-refractivity contribution is -0.133. The zero-order valence-corrected chi connectivity index (χ0v) is 36.3. The first-order valence-corrected chi connectivity index (χ1v) is 19.4. The van der Waals surface area contributed by atoms with Crippen LogP contribution in [0.2, 0.25) is 5.02 Å². The minimum atomic E-state index is -0.554. The van der Waals surface area contributed by atoms with Gasteiger partial charge in [-0.15, -0.1) is 0 Å². The number of hydrogen-bond acceptors (Lipinski definition) is 10. The van der Waals surface area contributed by atoms with Crippen molar-refractivity contribution >= 4 is 57.6 Å². The Bertz CT molecular complexity index is 2170. The van der Waals surface area contributed by atoms with Crippen LogP contribution in [0.4, 0.5) is 4.39 Å². The Morgan fingerprint density at radius 1 is 0.649 bits per heavy atom. The molecule has 0 radical (unpaired) electrons. The molecule has 10 nitrogen and oxygen atoms in total. The number of benzene rings is 3. The van der Waals surface area contributed by atoms with E-state index >= 15 is 0 Å². The second kappa shape index (κ2) is 21.5. The second-order valence-electron chi connectivity index (χ2n) is 13.4. The molecule has 0 unspecified atom stereocenters. The third-order valence-electron chi connectivity index (χ3n) is 9.56. The van der Waals surface area contributed by atoms with Crippen LogP contribution in [-0.4, -0.2) is 65.0 Å². The normalized spacial score (nSPS) is 14.9. The molecule has 0 fully saturated rings. The van der Waals surface area contributed by atoms with Crippen molar-refractivity contribution in [3.63, 3.8) is 0 Å². The van der Waals surface area contributed by atoms with Crippen LogP contribution in [0.15, 0.2) is 122 Å². The molecule has 302 valence electrons. The summed E-state index contributed by atoms with van der Waals surface area (Å²) in [5, 5.41) is 7.88. The van der Waals surface area contributed by atoms with E-state index in [9.17, 15) is 14.0 Å². The van der Waals surface area contributed by atoms with Gasteiger partial charge >= 0.3 is 11.9 Å². The zero-order chi connectivity index (χ0) is 41.6. The van der Waals surface area contributed by atoms with Crippen molar-refractivity contribution in [1.82, 2.24) is 0 Å². The fraction of sp³-hybridized carbons (Fsp3) is 0.318. The molecular weight excluding hydrogens is 866 g/mol. The molecular formula is C44H47ClFIN2O8. The molecule has 0 amide bonds. The quantitative estimate of drug-likeness (QED) is 0.0548. The van der Waals surface area contributed by atoms with E-state index in [1.165, 1.54) is 56.8 Å². The molecule has 0 bridgehead atoms. The minimum absolute atomic E-state index is 0.0660. The highest BCUT2D eigenvalue weighted by Crippen LogP contribution is 2.34. The largest absolute Gasteiger partial charge is 0.489 e. The van der Waals surface area contributed by atoms with Crippen LogP contribution < -0.4 is 9.47 Å². The molecule has 3 aromatic rings. The monoisotopic (exact) mass is 912 g/mol. The van der Waals surface area contributed by atoms with Gasteiger partial charge in [0.15, 0.2) is 11.4 Å². The van der Waals surface area contributed by atoms with Gasteiger partial charge in [0.05, 0.1) is 19.2 Å². The van der Waals surface area contributed by atoms with Crippen molar-refractivity contribution in [2.24, 2.45) is 10.3 Å². The number of carbonyl (C=O) groups is 2. The SMILES string of the molecule is CO/N=C(/C(=O)OC)C1=C(COc2cccc(-c3ccc(F)c(Cl)c3)c2)CC(C)=C(C)C1.CO/N=C(/C(=O)OC)C1=C(COc2cccc(I)c2)CC(C)=C(C)C1. The summed E-state index contributed by atoms with van der Waals surface area (Å²) in [5.74, 6) is -0.0803. The molecule has 0 saturated heterocycles. The maximum absolute atomic E-state index is 13.5. The Morgan fingerprint density at radius 3 is 1.56 bits per heavy atom. The summed E-state index contributed by atoms with van der Waals surface area (Å²) < 4.78 is 36.4. The number of esters is 2. The summed E-state index contributed by atoms with van der Waals surface area (Å²) >= 11 is 8.17. The molecule has 0 spiro atoms. The summed E-state index contributed by atoms with van der Waals surface area (Å²) in [7, 11) is 5.47. The number of carbonyl (C=O) groups excluding carboxylic acids is 2. The highest BCUT2D eigenvalue weighted by atomic mass is 127. The molecule has 0 heterocycles. The maximum Gasteiger partial charge on any atom is 0.360 e. The molecule has 0 atom stereocenters. The summed E-state index contributed by atoms with van der Waals surface area (Å²) in [6, 6.07) is 19.9. The number of methoxy groups -OCH3 is 2. The predicted molar refractivity (Wildman–Crippen MR) is 229 cm³/mol. The average Bonchev–Trinajstić information content (AvgIpc) is 3.20. The summed E-state index contributed by atoms with van der Waals surface area (Å²) in [4.78, 5) is 34.2. The van der Waals surface area contributed by atoms with Crippen molar-refractivity contribution in [2.75, 3.05) is 41.7 Å². The average molecular weight is 913 g/mol. The van der Waals surface area contributed by atoms with Crippen LogP contribution in [0.1, 0.15) is 53.4 Å². The van der Waals surface area contributed by atoms with Gasteiger partial charge in [0.2, 0.25) is 0 Å². The van der Waals surface area contributed by atoms with Gasteiger partial charge in [0, 0.05) is 3.57 Å². The fourth-order valence-electron chi connectivity index (χ4n) is 6.16. The molecule has 0 N–H and O–H groups in total. The first kappa shape index (κ1) is 44.8. The number of halogens is 3. The van der Waals surface area contributed by atoms with Crippen LogP contribution in [-0.2, 0) is 28.7 Å². The summed E-state index contributed by atoms with van der Waals surface area (Å²) in [6.07, 6.45) is 2.60. The maximum atomic E-state index is 13.5. The Morgan fingerprint density at radius 2 is 1.11 bits per heavy atom. The van der Waals surface area contributed by atoms with Gasteiger partial charge in [0.1, 0.15) is 44.7 Å². The van der Waals surface area contributed by atoms with Crippen LogP contribution in [0.3, 0.4) is 0 Å². The van der Waals surface area contributed by atoms with Crippen molar-refractivity contribution in [2.45, 2.75) is 53.4 Å². The zero-order valence-electron chi connectivity index (χ0n) is 33.4. The smallest absolute Gasteiger partial charge is 0.360 e. The van der Waals surface area contributed by atoms with E-state index < -0.39 is 17.8 Å². The van der Waals surface area contributed by atoms with E-state index in [1.54, 1.807) is 12.1 Å². The highest BCUT2D eigenvalue weighted by Gasteiger charge is 2.28. The number of rotatable bonds is 13. The molecule has 0 saturated carbocycles. The molecule has 0 aliphatic heterocycles. The highest BCUT2D eigenvalue weighted by molar-refractivity contribution is 14.1. The second-order valence-corrected chi connectivity index (χ2v) is 15.1. The van der Waals surface area contributed by atoms with Crippen LogP contribution in [0, 0.1) is 9.39 Å². The topological polar surface area (TPSA) is 114 Å². The predicted octanol–water partition coefficient (Wildman–Crippen LogP) is 10.4. The first-order valence-electron chi connectivity index (χ1n) is 18.0. The number of oxime groups is 2. The minimum Gasteiger partial charge on any atom is -0.489 e. The Kier molecular flexibility index (Phi) is 16.9. The number of hydrogen-bond donors (Lipinski definition) is 0. The van der Waals surface area contributed by atoms with E-state index in [0.717, 1.165) is 49.2 Å². The van der Waals surface area contributed by atoms with Gasteiger partial charge in [-0.05, 0) is 152 Å². The third-order valence-corrected chi connectivity index (χ3v) is 10.5. The van der Waals surface area contributed by atoms with Gasteiger partial charge in [-0.25, -0.2) is 14.0 Å². The van der Waals surface area contributed by atoms with Crippen molar-refractivity contribution in [3.8, 4) is 22.6 Å². The molecule has 13 heteroatoms. The molecule has 57 heavy (non-hydrogen) atoms. The van der Waals surface area contributed by atoms with E-state index in [0.29, 0.717) is 31.6 Å². The Hall–Kier alpha value is -4.95. The van der Waals surface area contributed by atoms with Crippen molar-refractivity contribution < 1.29 is 42.6 Å². The van der Waals surface area contributed by atoms with Crippen molar-refractivity contribution in [3.05, 3.63) is 126 Å². The van der Waals surface area contributed by atoms with E-state index in [2.05, 4.69) is 53.7 Å². The van der Waals surface area contributed by atoms with Crippen LogP contribution in [0.5, 0.6) is 11.5 Å². The fourth-order valence-corrected chi connectivity index (χ4v) is 6.86. The molecule has 5 rings (SSSR count). The first-order chi connectivity index (χ1) is 27.3. The Labute approximate surface area is 352 Å². The molecule has 2 aliphatic carbocycles. The Balaban J connectivity index is 0.000000261. The van der Waals surface area contributed by atoms with Gasteiger partial charge in [-0.3, -0.25) is 0 Å². The van der Waals surface area contributed by atoms with Crippen LogP contribution in [0.25, 0.3) is 11.1 Å². The third kappa shape index (κ3) is 12.3. The van der Waals surface area contributed by atoms with Gasteiger partial charge < -0.3 is 28.6 Å². The summed E-state index contributed by atoms with van der Waals surface area (Å²) in [6.45, 7) is 8.92. The van der Waals surface area contributed by atoms with E-state index in [4.69, 9.17) is 40.2 Å².